The normalized spacial score (nSPS) is 22.1. The molecule has 0 radical (unpaired) electrons. The van der Waals surface area contributed by atoms with Gasteiger partial charge in [-0.2, -0.15) is 0 Å². The van der Waals surface area contributed by atoms with E-state index in [1.54, 1.807) is 5.38 Å². The van der Waals surface area contributed by atoms with E-state index in [-0.39, 0.29) is 11.7 Å². The van der Waals surface area contributed by atoms with Gasteiger partial charge in [0.2, 0.25) is 0 Å². The number of carbonyl (C=O) groups is 1. The highest BCUT2D eigenvalue weighted by molar-refractivity contribution is 7.09. The fourth-order valence-electron chi connectivity index (χ4n) is 1.68. The van der Waals surface area contributed by atoms with Gasteiger partial charge in [0.25, 0.3) is 0 Å². The van der Waals surface area contributed by atoms with Gasteiger partial charge >= 0.3 is 5.97 Å². The van der Waals surface area contributed by atoms with Crippen molar-refractivity contribution in [2.45, 2.75) is 19.0 Å². The summed E-state index contributed by atoms with van der Waals surface area (Å²) in [6.07, 6.45) is 1.01. The summed E-state index contributed by atoms with van der Waals surface area (Å²) < 4.78 is 0. The molecule has 82 valence electrons. The molecule has 1 fully saturated rings. The first-order chi connectivity index (χ1) is 7.15. The van der Waals surface area contributed by atoms with Crippen LogP contribution in [0.2, 0.25) is 0 Å². The molecule has 2 rings (SSSR count). The predicted molar refractivity (Wildman–Crippen MR) is 56.9 cm³/mol. The molecule has 1 atom stereocenters. The van der Waals surface area contributed by atoms with Crippen LogP contribution in [0.4, 0.5) is 0 Å². The third-order valence-corrected chi connectivity index (χ3v) is 3.27. The Labute approximate surface area is 91.5 Å². The molecule has 1 unspecified atom stereocenters. The summed E-state index contributed by atoms with van der Waals surface area (Å²) in [5, 5.41) is 11.1. The van der Waals surface area contributed by atoms with E-state index in [4.69, 9.17) is 10.8 Å². The van der Waals surface area contributed by atoms with Gasteiger partial charge < -0.3 is 10.8 Å². The number of hydrogen-bond acceptors (Lipinski definition) is 5. The number of aromatic nitrogens is 1. The minimum atomic E-state index is -0.962. The monoisotopic (exact) mass is 227 g/mol. The highest BCUT2D eigenvalue weighted by Gasteiger charge is 2.20. The molecule has 0 spiro atoms. The Morgan fingerprint density at radius 3 is 3.13 bits per heavy atom. The molecule has 1 aliphatic rings. The van der Waals surface area contributed by atoms with Crippen LogP contribution in [0.25, 0.3) is 0 Å². The third-order valence-electron chi connectivity index (χ3n) is 2.44. The minimum Gasteiger partial charge on any atom is -0.476 e. The first-order valence-corrected chi connectivity index (χ1v) is 5.69. The molecule has 0 bridgehead atoms. The maximum Gasteiger partial charge on any atom is 0.355 e. The van der Waals surface area contributed by atoms with Gasteiger partial charge in [-0.3, -0.25) is 4.90 Å². The summed E-state index contributed by atoms with van der Waals surface area (Å²) in [5.41, 5.74) is 5.92. The number of thiazole rings is 1. The average molecular weight is 227 g/mol. The van der Waals surface area contributed by atoms with Gasteiger partial charge in [0.05, 0.1) is 6.54 Å². The Morgan fingerprint density at radius 2 is 2.60 bits per heavy atom. The molecular formula is C9H13N3O2S. The molecular weight excluding hydrogens is 214 g/mol. The van der Waals surface area contributed by atoms with Crippen molar-refractivity contribution in [3.8, 4) is 0 Å². The van der Waals surface area contributed by atoms with E-state index in [1.807, 2.05) is 0 Å². The molecule has 0 saturated carbocycles. The maximum absolute atomic E-state index is 10.6. The van der Waals surface area contributed by atoms with Crippen molar-refractivity contribution in [2.75, 3.05) is 13.1 Å². The van der Waals surface area contributed by atoms with Crippen molar-refractivity contribution in [1.82, 2.24) is 9.88 Å². The molecule has 0 aliphatic carbocycles. The Bertz CT molecular complexity index is 366. The van der Waals surface area contributed by atoms with Crippen LogP contribution in [0.5, 0.6) is 0 Å². The number of hydrogen-bond donors (Lipinski definition) is 2. The lowest BCUT2D eigenvalue weighted by Gasteiger charge is -2.12. The van der Waals surface area contributed by atoms with Crippen LogP contribution in [0.1, 0.15) is 21.9 Å². The summed E-state index contributed by atoms with van der Waals surface area (Å²) in [4.78, 5) is 16.9. The van der Waals surface area contributed by atoms with Gasteiger partial charge in [0.1, 0.15) is 5.01 Å². The number of nitrogens with zero attached hydrogens (tertiary/aromatic N) is 2. The van der Waals surface area contributed by atoms with Gasteiger partial charge in [-0.05, 0) is 6.42 Å². The largest absolute Gasteiger partial charge is 0.476 e. The number of aromatic carboxylic acids is 1. The lowest BCUT2D eigenvalue weighted by Crippen LogP contribution is -2.26. The number of rotatable bonds is 3. The van der Waals surface area contributed by atoms with Gasteiger partial charge in [-0.15, -0.1) is 11.3 Å². The smallest absolute Gasteiger partial charge is 0.355 e. The van der Waals surface area contributed by atoms with Crippen LogP contribution >= 0.6 is 11.3 Å². The molecule has 1 aromatic heterocycles. The molecule has 15 heavy (non-hydrogen) atoms. The second-order valence-electron chi connectivity index (χ2n) is 3.72. The molecule has 3 N–H and O–H groups in total. The highest BCUT2D eigenvalue weighted by atomic mass is 32.1. The van der Waals surface area contributed by atoms with E-state index in [0.29, 0.717) is 6.54 Å². The van der Waals surface area contributed by atoms with Crippen molar-refractivity contribution in [2.24, 2.45) is 5.73 Å². The van der Waals surface area contributed by atoms with Crippen molar-refractivity contribution < 1.29 is 9.90 Å². The SMILES string of the molecule is NC1CCN(Cc2nc(C(=O)O)cs2)C1. The second kappa shape index (κ2) is 4.26. The first kappa shape index (κ1) is 10.5. The maximum atomic E-state index is 10.6. The Kier molecular flexibility index (Phi) is 2.99. The zero-order chi connectivity index (χ0) is 10.8. The van der Waals surface area contributed by atoms with E-state index < -0.39 is 5.97 Å². The third kappa shape index (κ3) is 2.53. The molecule has 1 aliphatic heterocycles. The standard InChI is InChI=1S/C9H13N3O2S/c10-6-1-2-12(3-6)4-8-11-7(5-15-8)9(13)14/h5-6H,1-4,10H2,(H,13,14). The highest BCUT2D eigenvalue weighted by Crippen LogP contribution is 2.15. The van der Waals surface area contributed by atoms with E-state index in [9.17, 15) is 4.79 Å². The fourth-order valence-corrected chi connectivity index (χ4v) is 2.49. The van der Waals surface area contributed by atoms with Crippen LogP contribution in [-0.4, -0.2) is 40.1 Å². The van der Waals surface area contributed by atoms with Gasteiger partial charge in [-0.25, -0.2) is 9.78 Å². The van der Waals surface area contributed by atoms with E-state index in [2.05, 4.69) is 9.88 Å². The summed E-state index contributed by atoms with van der Waals surface area (Å²) in [6.45, 7) is 2.57. The summed E-state index contributed by atoms with van der Waals surface area (Å²) in [6, 6.07) is 0.254. The summed E-state index contributed by atoms with van der Waals surface area (Å²) in [7, 11) is 0. The van der Waals surface area contributed by atoms with Crippen molar-refractivity contribution in [3.63, 3.8) is 0 Å². The van der Waals surface area contributed by atoms with E-state index in [0.717, 1.165) is 24.5 Å². The van der Waals surface area contributed by atoms with Crippen LogP contribution in [-0.2, 0) is 6.54 Å². The van der Waals surface area contributed by atoms with Gasteiger partial charge in [-0.1, -0.05) is 0 Å². The zero-order valence-corrected chi connectivity index (χ0v) is 9.04. The van der Waals surface area contributed by atoms with Crippen molar-refractivity contribution in [1.29, 1.82) is 0 Å². The quantitative estimate of drug-likeness (QED) is 0.780. The number of carboxylic acid groups (broad SMARTS) is 1. The first-order valence-electron chi connectivity index (χ1n) is 4.81. The van der Waals surface area contributed by atoms with E-state index >= 15 is 0 Å². The number of likely N-dealkylation sites (tertiary alicyclic amines) is 1. The second-order valence-corrected chi connectivity index (χ2v) is 4.66. The molecule has 6 heteroatoms. The Morgan fingerprint density at radius 1 is 1.80 bits per heavy atom. The number of nitrogens with two attached hydrogens (primary N) is 1. The molecule has 2 heterocycles. The predicted octanol–water partition coefficient (Wildman–Crippen LogP) is 0.374. The van der Waals surface area contributed by atoms with Gasteiger partial charge in [0.15, 0.2) is 5.69 Å². The summed E-state index contributed by atoms with van der Waals surface area (Å²) >= 11 is 1.39. The molecule has 1 aromatic rings. The van der Waals surface area contributed by atoms with Crippen LogP contribution in [0.3, 0.4) is 0 Å². The average Bonchev–Trinajstić information content (AvgIpc) is 2.76. The lowest BCUT2D eigenvalue weighted by molar-refractivity contribution is 0.0691. The Balaban J connectivity index is 1.96. The minimum absolute atomic E-state index is 0.137. The Hall–Kier alpha value is -0.980. The van der Waals surface area contributed by atoms with Crippen LogP contribution < -0.4 is 5.73 Å². The molecule has 1 saturated heterocycles. The van der Waals surface area contributed by atoms with E-state index in [1.165, 1.54) is 11.3 Å². The van der Waals surface area contributed by atoms with Crippen molar-refractivity contribution >= 4 is 17.3 Å². The van der Waals surface area contributed by atoms with Crippen LogP contribution in [0, 0.1) is 0 Å². The number of carboxylic acids is 1. The fraction of sp³-hybridized carbons (Fsp3) is 0.556. The lowest BCUT2D eigenvalue weighted by atomic mass is 10.3. The molecule has 5 nitrogen and oxygen atoms in total. The van der Waals surface area contributed by atoms with Crippen LogP contribution in [0.15, 0.2) is 5.38 Å². The topological polar surface area (TPSA) is 79.5 Å². The van der Waals surface area contributed by atoms with Crippen molar-refractivity contribution in [3.05, 3.63) is 16.1 Å². The van der Waals surface area contributed by atoms with Gasteiger partial charge in [0, 0.05) is 24.5 Å². The summed E-state index contributed by atoms with van der Waals surface area (Å²) in [5.74, 6) is -0.962. The molecule has 0 aromatic carbocycles. The zero-order valence-electron chi connectivity index (χ0n) is 8.22. The molecule has 0 amide bonds.